The standard InChI is InChI=1S/C21H20N6O7S3/c1-21(2)15(19(29)30)27-17(28)14(18(27)37(21,33)34)10-13-11-26(25-22-13)8-9-36(31,32)20-24-23-16(35-20)12-6-4-3-5-7-12/h3-7,10-11,15,18H,8-9H2,1-2H3,(H,29,30)/b14-10-/t15-,18+/m0/s1. The molecule has 0 unspecified atom stereocenters. The van der Waals surface area contributed by atoms with Gasteiger partial charge in [0, 0.05) is 5.56 Å². The fourth-order valence-corrected chi connectivity index (χ4v) is 8.79. The summed E-state index contributed by atoms with van der Waals surface area (Å²) in [6.07, 6.45) is 2.60. The summed E-state index contributed by atoms with van der Waals surface area (Å²) in [5.74, 6) is -2.45. The largest absolute Gasteiger partial charge is 0.480 e. The fourth-order valence-electron chi connectivity index (χ4n) is 4.32. The molecule has 2 fully saturated rings. The number of nitrogens with zero attached hydrogens (tertiary/aromatic N) is 6. The van der Waals surface area contributed by atoms with Crippen molar-refractivity contribution >= 4 is 49.0 Å². The van der Waals surface area contributed by atoms with Crippen LogP contribution in [0.5, 0.6) is 0 Å². The lowest BCUT2D eigenvalue weighted by atomic mass is 9.95. The van der Waals surface area contributed by atoms with E-state index in [-0.39, 0.29) is 27.9 Å². The molecule has 0 saturated carbocycles. The van der Waals surface area contributed by atoms with Gasteiger partial charge in [-0.05, 0) is 19.9 Å². The van der Waals surface area contributed by atoms with Crippen molar-refractivity contribution in [3.8, 4) is 10.6 Å². The molecule has 1 amide bonds. The Balaban J connectivity index is 1.31. The van der Waals surface area contributed by atoms with Gasteiger partial charge in [-0.3, -0.25) is 9.48 Å². The predicted molar refractivity (Wildman–Crippen MR) is 130 cm³/mol. The molecule has 194 valence electrons. The molecule has 2 aliphatic heterocycles. The van der Waals surface area contributed by atoms with Crippen molar-refractivity contribution < 1.29 is 31.5 Å². The van der Waals surface area contributed by atoms with Crippen molar-refractivity contribution in [2.75, 3.05) is 5.75 Å². The number of carbonyl (C=O) groups excluding carboxylic acids is 1. The number of aliphatic carboxylic acids is 1. The minimum Gasteiger partial charge on any atom is -0.480 e. The van der Waals surface area contributed by atoms with Crippen LogP contribution in [0.3, 0.4) is 0 Å². The average Bonchev–Trinajstić information content (AvgIpc) is 3.54. The van der Waals surface area contributed by atoms with Gasteiger partial charge in [-0.2, -0.15) is 0 Å². The molecule has 0 aliphatic carbocycles. The molecule has 5 rings (SSSR count). The smallest absolute Gasteiger partial charge is 0.328 e. The number of amides is 1. The maximum Gasteiger partial charge on any atom is 0.328 e. The second-order valence-electron chi connectivity index (χ2n) is 9.02. The number of hydrogen-bond donors (Lipinski definition) is 1. The van der Waals surface area contributed by atoms with Crippen LogP contribution in [-0.2, 0) is 35.8 Å². The third-order valence-electron chi connectivity index (χ3n) is 6.34. The quantitative estimate of drug-likeness (QED) is 0.311. The molecule has 2 aromatic heterocycles. The lowest BCUT2D eigenvalue weighted by Gasteiger charge is -2.37. The lowest BCUT2D eigenvalue weighted by molar-refractivity contribution is -0.152. The van der Waals surface area contributed by atoms with Gasteiger partial charge in [0.25, 0.3) is 5.91 Å². The van der Waals surface area contributed by atoms with Crippen molar-refractivity contribution in [3.63, 3.8) is 0 Å². The van der Waals surface area contributed by atoms with Crippen LogP contribution in [0.1, 0.15) is 19.5 Å². The van der Waals surface area contributed by atoms with Crippen LogP contribution in [-0.4, -0.2) is 85.8 Å². The molecule has 0 radical (unpaired) electrons. The summed E-state index contributed by atoms with van der Waals surface area (Å²) in [5, 5.41) is 24.1. The summed E-state index contributed by atoms with van der Waals surface area (Å²) >= 11 is 0.957. The van der Waals surface area contributed by atoms with E-state index in [4.69, 9.17) is 0 Å². The first-order valence-electron chi connectivity index (χ1n) is 10.9. The molecule has 3 aromatic rings. The Morgan fingerprint density at radius 2 is 1.89 bits per heavy atom. The highest BCUT2D eigenvalue weighted by Crippen LogP contribution is 2.48. The zero-order chi connectivity index (χ0) is 26.8. The summed E-state index contributed by atoms with van der Waals surface area (Å²) in [6.45, 7) is 2.48. The van der Waals surface area contributed by atoms with E-state index in [0.29, 0.717) is 5.01 Å². The Morgan fingerprint density at radius 3 is 2.57 bits per heavy atom. The van der Waals surface area contributed by atoms with Crippen molar-refractivity contribution in [1.82, 2.24) is 30.1 Å². The Labute approximate surface area is 215 Å². The van der Waals surface area contributed by atoms with E-state index in [0.717, 1.165) is 21.8 Å². The minimum absolute atomic E-state index is 0.0747. The third-order valence-corrected chi connectivity index (χ3v) is 12.2. The molecule has 2 saturated heterocycles. The molecule has 2 atom stereocenters. The van der Waals surface area contributed by atoms with Crippen LogP contribution < -0.4 is 0 Å². The molecular weight excluding hydrogens is 544 g/mol. The Hall–Kier alpha value is -3.50. The normalized spacial score (nSPS) is 23.1. The first-order chi connectivity index (χ1) is 17.3. The van der Waals surface area contributed by atoms with E-state index in [2.05, 4.69) is 20.5 Å². The second kappa shape index (κ2) is 8.53. The summed E-state index contributed by atoms with van der Waals surface area (Å²) < 4.78 is 50.9. The van der Waals surface area contributed by atoms with Gasteiger partial charge in [0.1, 0.15) is 15.4 Å². The van der Waals surface area contributed by atoms with Crippen LogP contribution in [0, 0.1) is 0 Å². The Kier molecular flexibility index (Phi) is 5.80. The second-order valence-corrected chi connectivity index (χ2v) is 14.9. The molecule has 13 nitrogen and oxygen atoms in total. The maximum absolute atomic E-state index is 13.0. The monoisotopic (exact) mass is 564 g/mol. The molecule has 37 heavy (non-hydrogen) atoms. The Bertz CT molecular complexity index is 1660. The number of aromatic nitrogens is 5. The summed E-state index contributed by atoms with van der Waals surface area (Å²) in [5.41, 5.74) is 0.773. The molecule has 4 heterocycles. The molecule has 0 bridgehead atoms. The van der Waals surface area contributed by atoms with E-state index in [1.54, 1.807) is 12.1 Å². The number of hydrogen-bond acceptors (Lipinski definition) is 11. The van der Waals surface area contributed by atoms with Crippen LogP contribution >= 0.6 is 11.3 Å². The first kappa shape index (κ1) is 25.2. The fraction of sp³-hybridized carbons (Fsp3) is 0.333. The van der Waals surface area contributed by atoms with E-state index >= 15 is 0 Å². The molecule has 2 aliphatic rings. The number of rotatable bonds is 7. The highest BCUT2D eigenvalue weighted by atomic mass is 32.2. The number of carboxylic acid groups (broad SMARTS) is 1. The van der Waals surface area contributed by atoms with Crippen LogP contribution in [0.4, 0.5) is 0 Å². The van der Waals surface area contributed by atoms with Crippen molar-refractivity contribution in [2.45, 2.75) is 40.9 Å². The zero-order valence-corrected chi connectivity index (χ0v) is 21.9. The summed E-state index contributed by atoms with van der Waals surface area (Å²) in [4.78, 5) is 25.2. The number of aryl methyl sites for hydroxylation is 1. The van der Waals surface area contributed by atoms with Gasteiger partial charge in [-0.25, -0.2) is 21.6 Å². The Morgan fingerprint density at radius 1 is 1.19 bits per heavy atom. The van der Waals surface area contributed by atoms with Crippen molar-refractivity contribution in [2.24, 2.45) is 0 Å². The predicted octanol–water partition coefficient (Wildman–Crippen LogP) is 0.482. The SMILES string of the molecule is CC1(C)[C@H](C(=O)O)N2C(=O)/C(=C/c3cn(CCS(=O)(=O)c4nnc(-c5ccccc5)s4)nn3)[C@H]2S1(=O)=O. The number of carbonyl (C=O) groups is 2. The van der Waals surface area contributed by atoms with Gasteiger partial charge in [-0.15, -0.1) is 15.3 Å². The molecule has 0 spiro atoms. The zero-order valence-electron chi connectivity index (χ0n) is 19.4. The topological polar surface area (TPSA) is 182 Å². The molecule has 1 N–H and O–H groups in total. The molecule has 1 aromatic carbocycles. The molecular formula is C21H20N6O7S3. The summed E-state index contributed by atoms with van der Waals surface area (Å²) in [7, 11) is -7.79. The van der Waals surface area contributed by atoms with E-state index in [9.17, 15) is 31.5 Å². The number of benzene rings is 1. The van der Waals surface area contributed by atoms with Gasteiger partial charge < -0.3 is 10.0 Å². The van der Waals surface area contributed by atoms with Gasteiger partial charge in [0.2, 0.25) is 14.2 Å². The van der Waals surface area contributed by atoms with Crippen molar-refractivity contribution in [3.05, 3.63) is 47.8 Å². The minimum atomic E-state index is -4.02. The maximum atomic E-state index is 13.0. The lowest BCUT2D eigenvalue weighted by Crippen LogP contribution is -2.58. The highest BCUT2D eigenvalue weighted by molar-refractivity contribution is 7.94. The van der Waals surface area contributed by atoms with E-state index in [1.807, 2.05) is 18.2 Å². The number of sulfone groups is 2. The van der Waals surface area contributed by atoms with Gasteiger partial charge in [-0.1, -0.05) is 46.9 Å². The summed E-state index contributed by atoms with van der Waals surface area (Å²) in [6, 6.07) is 7.55. The number of β-lactam (4-membered cyclic amide) rings is 1. The van der Waals surface area contributed by atoms with Crippen molar-refractivity contribution in [1.29, 1.82) is 0 Å². The van der Waals surface area contributed by atoms with Crippen LogP contribution in [0.25, 0.3) is 16.6 Å². The average molecular weight is 565 g/mol. The van der Waals surface area contributed by atoms with Gasteiger partial charge >= 0.3 is 5.97 Å². The van der Waals surface area contributed by atoms with Crippen LogP contribution in [0.2, 0.25) is 0 Å². The van der Waals surface area contributed by atoms with Gasteiger partial charge in [0.15, 0.2) is 21.3 Å². The molecule has 16 heteroatoms. The first-order valence-corrected chi connectivity index (χ1v) is 14.9. The number of carboxylic acids is 1. The number of fused-ring (bicyclic) bond motifs is 1. The van der Waals surface area contributed by atoms with Crippen LogP contribution in [0.15, 0.2) is 46.4 Å². The highest BCUT2D eigenvalue weighted by Gasteiger charge is 2.70. The van der Waals surface area contributed by atoms with E-state index < -0.39 is 47.7 Å². The third kappa shape index (κ3) is 3.95. The van der Waals surface area contributed by atoms with E-state index in [1.165, 1.54) is 30.8 Å². The van der Waals surface area contributed by atoms with Gasteiger partial charge in [0.05, 0.1) is 24.1 Å².